The molecule has 0 unspecified atom stereocenters. The van der Waals surface area contributed by atoms with Crippen LogP contribution in [0.4, 0.5) is 11.9 Å². The van der Waals surface area contributed by atoms with Gasteiger partial charge in [0.2, 0.25) is 11.9 Å². The van der Waals surface area contributed by atoms with Gasteiger partial charge in [0.15, 0.2) is 0 Å². The third kappa shape index (κ3) is 7.62. The van der Waals surface area contributed by atoms with Crippen LogP contribution < -0.4 is 15.4 Å². The van der Waals surface area contributed by atoms with E-state index in [-0.39, 0.29) is 6.10 Å². The van der Waals surface area contributed by atoms with E-state index in [9.17, 15) is 0 Å². The summed E-state index contributed by atoms with van der Waals surface area (Å²) in [7, 11) is 1.64. The molecule has 0 saturated heterocycles. The predicted octanol–water partition coefficient (Wildman–Crippen LogP) is 1.17. The Bertz CT molecular complexity index is 403. The van der Waals surface area contributed by atoms with Crippen LogP contribution >= 0.6 is 0 Å². The van der Waals surface area contributed by atoms with E-state index >= 15 is 0 Å². The first-order chi connectivity index (χ1) is 10.2. The molecule has 0 amide bonds. The molecule has 0 spiro atoms. The molecule has 2 N–H and O–H groups in total. The molecule has 0 atom stereocenters. The van der Waals surface area contributed by atoms with E-state index in [1.165, 1.54) is 0 Å². The normalized spacial score (nSPS) is 10.7. The first-order valence-corrected chi connectivity index (χ1v) is 7.12. The first-order valence-electron chi connectivity index (χ1n) is 7.12. The lowest BCUT2D eigenvalue weighted by molar-refractivity contribution is 0.0758. The van der Waals surface area contributed by atoms with Crippen LogP contribution in [0, 0.1) is 0 Å². The fraction of sp³-hybridized carbons (Fsp3) is 0.769. The maximum Gasteiger partial charge on any atom is 0.323 e. The van der Waals surface area contributed by atoms with Crippen molar-refractivity contribution in [2.45, 2.75) is 26.9 Å². The Hall–Kier alpha value is -1.67. The second-order valence-corrected chi connectivity index (χ2v) is 4.49. The number of methoxy groups -OCH3 is 1. The minimum absolute atomic E-state index is 0.00658. The van der Waals surface area contributed by atoms with Crippen LogP contribution in [0.1, 0.15) is 20.8 Å². The van der Waals surface area contributed by atoms with E-state index in [1.807, 2.05) is 20.8 Å². The second-order valence-electron chi connectivity index (χ2n) is 4.49. The zero-order valence-electron chi connectivity index (χ0n) is 13.2. The maximum atomic E-state index is 5.51. The average Bonchev–Trinajstić information content (AvgIpc) is 2.42. The van der Waals surface area contributed by atoms with Crippen molar-refractivity contribution < 1.29 is 14.2 Å². The highest BCUT2D eigenvalue weighted by Crippen LogP contribution is 2.12. The smallest absolute Gasteiger partial charge is 0.323 e. The van der Waals surface area contributed by atoms with Crippen LogP contribution in [0.15, 0.2) is 0 Å². The Balaban J connectivity index is 2.52. The monoisotopic (exact) mass is 299 g/mol. The molecule has 0 aromatic carbocycles. The third-order valence-electron chi connectivity index (χ3n) is 2.25. The number of anilines is 2. The summed E-state index contributed by atoms with van der Waals surface area (Å²) < 4.78 is 15.8. The SMILES string of the molecule is CCNc1nc(NCCOCCOC)nc(OC(C)C)n1. The lowest BCUT2D eigenvalue weighted by atomic mass is 10.5. The van der Waals surface area contributed by atoms with E-state index in [2.05, 4.69) is 25.6 Å². The summed E-state index contributed by atoms with van der Waals surface area (Å²) in [6.07, 6.45) is 0.00658. The van der Waals surface area contributed by atoms with Crippen LogP contribution in [0.3, 0.4) is 0 Å². The summed E-state index contributed by atoms with van der Waals surface area (Å²) in [5.74, 6) is 0.956. The van der Waals surface area contributed by atoms with Gasteiger partial charge in [-0.25, -0.2) is 0 Å². The van der Waals surface area contributed by atoms with Gasteiger partial charge >= 0.3 is 6.01 Å². The lowest BCUT2D eigenvalue weighted by Crippen LogP contribution is -2.16. The summed E-state index contributed by atoms with van der Waals surface area (Å²) in [6.45, 7) is 8.85. The van der Waals surface area contributed by atoms with Crippen molar-refractivity contribution in [1.82, 2.24) is 15.0 Å². The molecule has 0 bridgehead atoms. The van der Waals surface area contributed by atoms with Crippen molar-refractivity contribution in [1.29, 1.82) is 0 Å². The molecule has 0 fully saturated rings. The average molecular weight is 299 g/mol. The van der Waals surface area contributed by atoms with E-state index in [0.717, 1.165) is 6.54 Å². The molecule has 1 aromatic rings. The van der Waals surface area contributed by atoms with Gasteiger partial charge in [0.05, 0.1) is 25.9 Å². The summed E-state index contributed by atoms with van der Waals surface area (Å²) in [5, 5.41) is 6.14. The molecule has 1 aromatic heterocycles. The fourth-order valence-corrected chi connectivity index (χ4v) is 1.42. The molecule has 8 heteroatoms. The molecule has 21 heavy (non-hydrogen) atoms. The number of hydrogen-bond donors (Lipinski definition) is 2. The lowest BCUT2D eigenvalue weighted by Gasteiger charge is -2.11. The van der Waals surface area contributed by atoms with Crippen LogP contribution in [-0.2, 0) is 9.47 Å². The largest absolute Gasteiger partial charge is 0.461 e. The van der Waals surface area contributed by atoms with Crippen LogP contribution in [0.2, 0.25) is 0 Å². The Kier molecular flexibility index (Phi) is 8.37. The van der Waals surface area contributed by atoms with Crippen LogP contribution in [0.25, 0.3) is 0 Å². The van der Waals surface area contributed by atoms with Crippen molar-refractivity contribution in [2.24, 2.45) is 0 Å². The number of rotatable bonds is 11. The van der Waals surface area contributed by atoms with E-state index in [1.54, 1.807) is 7.11 Å². The van der Waals surface area contributed by atoms with Gasteiger partial charge in [0, 0.05) is 20.2 Å². The second kappa shape index (κ2) is 10.1. The van der Waals surface area contributed by atoms with Crippen LogP contribution in [0.5, 0.6) is 6.01 Å². The molecule has 0 radical (unpaired) electrons. The van der Waals surface area contributed by atoms with E-state index in [4.69, 9.17) is 14.2 Å². The van der Waals surface area contributed by atoms with Crippen molar-refractivity contribution in [2.75, 3.05) is 50.7 Å². The molecule has 0 aliphatic rings. The number of hydrogen-bond acceptors (Lipinski definition) is 8. The van der Waals surface area contributed by atoms with Crippen molar-refractivity contribution >= 4 is 11.9 Å². The number of ether oxygens (including phenoxy) is 3. The number of nitrogens with one attached hydrogen (secondary N) is 2. The zero-order chi connectivity index (χ0) is 15.5. The summed E-state index contributed by atoms with van der Waals surface area (Å²) in [6, 6.07) is 0.304. The van der Waals surface area contributed by atoms with Crippen molar-refractivity contribution in [3.05, 3.63) is 0 Å². The van der Waals surface area contributed by atoms with Crippen LogP contribution in [-0.4, -0.2) is 61.1 Å². The summed E-state index contributed by atoms with van der Waals surface area (Å²) in [4.78, 5) is 12.7. The molecular formula is C13H25N5O3. The minimum atomic E-state index is 0.00658. The van der Waals surface area contributed by atoms with E-state index < -0.39 is 0 Å². The summed E-state index contributed by atoms with van der Waals surface area (Å²) in [5.41, 5.74) is 0. The topological polar surface area (TPSA) is 90.4 Å². The predicted molar refractivity (Wildman–Crippen MR) is 80.9 cm³/mol. The van der Waals surface area contributed by atoms with Gasteiger partial charge in [0.1, 0.15) is 0 Å². The van der Waals surface area contributed by atoms with Gasteiger partial charge in [0.25, 0.3) is 0 Å². The Morgan fingerprint density at radius 3 is 2.33 bits per heavy atom. The molecule has 8 nitrogen and oxygen atoms in total. The van der Waals surface area contributed by atoms with Gasteiger partial charge in [-0.15, -0.1) is 0 Å². The van der Waals surface area contributed by atoms with Gasteiger partial charge in [-0.05, 0) is 20.8 Å². The molecule has 0 aliphatic carbocycles. The molecule has 120 valence electrons. The van der Waals surface area contributed by atoms with Gasteiger partial charge in [-0.3, -0.25) is 0 Å². The quantitative estimate of drug-likeness (QED) is 0.588. The van der Waals surface area contributed by atoms with E-state index in [0.29, 0.717) is 44.3 Å². The number of nitrogens with zero attached hydrogens (tertiary/aromatic N) is 3. The zero-order valence-corrected chi connectivity index (χ0v) is 13.2. The summed E-state index contributed by atoms with van der Waals surface area (Å²) >= 11 is 0. The molecular weight excluding hydrogens is 274 g/mol. The van der Waals surface area contributed by atoms with Crippen molar-refractivity contribution in [3.8, 4) is 6.01 Å². The van der Waals surface area contributed by atoms with Gasteiger partial charge < -0.3 is 24.8 Å². The molecule has 0 aliphatic heterocycles. The third-order valence-corrected chi connectivity index (χ3v) is 2.25. The fourth-order valence-electron chi connectivity index (χ4n) is 1.42. The highest BCUT2D eigenvalue weighted by molar-refractivity contribution is 5.35. The minimum Gasteiger partial charge on any atom is -0.461 e. The Morgan fingerprint density at radius 1 is 1.00 bits per heavy atom. The van der Waals surface area contributed by atoms with Gasteiger partial charge in [-0.2, -0.15) is 15.0 Å². The standard InChI is InChI=1S/C13H25N5O3/c1-5-14-11-16-12(15-6-7-20-9-8-19-4)18-13(17-11)21-10(2)3/h10H,5-9H2,1-4H3,(H2,14,15,16,17,18). The molecule has 1 rings (SSSR count). The molecule has 1 heterocycles. The maximum absolute atomic E-state index is 5.51. The van der Waals surface area contributed by atoms with Crippen molar-refractivity contribution in [3.63, 3.8) is 0 Å². The highest BCUT2D eigenvalue weighted by atomic mass is 16.5. The highest BCUT2D eigenvalue weighted by Gasteiger charge is 2.08. The van der Waals surface area contributed by atoms with Gasteiger partial charge in [-0.1, -0.05) is 0 Å². The Labute approximate surface area is 125 Å². The molecule has 0 saturated carbocycles. The number of aromatic nitrogens is 3. The Morgan fingerprint density at radius 2 is 1.71 bits per heavy atom. The first kappa shape index (κ1) is 17.4.